The van der Waals surface area contributed by atoms with Gasteiger partial charge in [0.05, 0.1) is 6.10 Å². The highest BCUT2D eigenvalue weighted by molar-refractivity contribution is 5.20. The zero-order valence-electron chi connectivity index (χ0n) is 21.7. The van der Waals surface area contributed by atoms with Crippen LogP contribution in [0.1, 0.15) is 113 Å². The van der Waals surface area contributed by atoms with Crippen LogP contribution in [0.3, 0.4) is 0 Å². The third-order valence-electron chi connectivity index (χ3n) is 11.9. The van der Waals surface area contributed by atoms with E-state index >= 15 is 0 Å². The molecule has 0 bridgehead atoms. The molecule has 0 radical (unpaired) electrons. The summed E-state index contributed by atoms with van der Waals surface area (Å²) in [6, 6.07) is 0. The van der Waals surface area contributed by atoms with E-state index in [-0.39, 0.29) is 11.5 Å². The monoisotopic (exact) mass is 426 g/mol. The second kappa shape index (κ2) is 7.75. The van der Waals surface area contributed by atoms with E-state index in [1.807, 2.05) is 0 Å². The summed E-state index contributed by atoms with van der Waals surface area (Å²) in [4.78, 5) is 0. The van der Waals surface area contributed by atoms with Crippen LogP contribution in [0.15, 0.2) is 23.8 Å². The minimum absolute atomic E-state index is 0.0590. The highest BCUT2D eigenvalue weighted by Crippen LogP contribution is 2.75. The molecule has 1 heteroatoms. The molecule has 176 valence electrons. The maximum Gasteiger partial charge on any atom is 0.0594 e. The number of hydrogen-bond donors (Lipinski definition) is 1. The summed E-state index contributed by atoms with van der Waals surface area (Å²) < 4.78 is 0. The molecule has 1 N–H and O–H groups in total. The molecule has 1 nitrogen and oxygen atoms in total. The zero-order valence-corrected chi connectivity index (χ0v) is 21.7. The van der Waals surface area contributed by atoms with Crippen molar-refractivity contribution >= 4 is 0 Å². The van der Waals surface area contributed by atoms with Crippen LogP contribution < -0.4 is 0 Å². The first kappa shape index (κ1) is 23.6. The van der Waals surface area contributed by atoms with Crippen LogP contribution in [0.2, 0.25) is 0 Å². The van der Waals surface area contributed by atoms with Gasteiger partial charge in [-0.05, 0) is 123 Å². The van der Waals surface area contributed by atoms with E-state index in [1.165, 1.54) is 62.5 Å². The molecule has 0 aromatic heterocycles. The molecular weight excluding hydrogens is 376 g/mol. The maximum absolute atomic E-state index is 10.8. The molecule has 4 rings (SSSR count). The molecule has 0 spiro atoms. The SMILES string of the molecule is C=C(CCC=C(C)C)C1CCC2(C)C1CCC1C3(C)CCC(O)C(C)(C)C3CCC12C. The van der Waals surface area contributed by atoms with Gasteiger partial charge in [0.1, 0.15) is 0 Å². The molecular formula is C30H50O. The van der Waals surface area contributed by atoms with E-state index < -0.39 is 0 Å². The minimum atomic E-state index is -0.123. The largest absolute Gasteiger partial charge is 0.393 e. The Balaban J connectivity index is 1.59. The number of allylic oxidation sites excluding steroid dienone is 3. The third-order valence-corrected chi connectivity index (χ3v) is 11.9. The fourth-order valence-electron chi connectivity index (χ4n) is 9.95. The van der Waals surface area contributed by atoms with Crippen LogP contribution in [-0.2, 0) is 0 Å². The number of aliphatic hydroxyl groups is 1. The third kappa shape index (κ3) is 3.34. The van der Waals surface area contributed by atoms with E-state index in [0.717, 1.165) is 30.6 Å². The first-order valence-corrected chi connectivity index (χ1v) is 13.4. The first-order valence-electron chi connectivity index (χ1n) is 13.4. The van der Waals surface area contributed by atoms with Gasteiger partial charge in [0.15, 0.2) is 0 Å². The molecule has 0 saturated heterocycles. The van der Waals surface area contributed by atoms with Crippen molar-refractivity contribution in [2.45, 2.75) is 119 Å². The highest BCUT2D eigenvalue weighted by atomic mass is 16.3. The van der Waals surface area contributed by atoms with Gasteiger partial charge in [0, 0.05) is 0 Å². The minimum Gasteiger partial charge on any atom is -0.393 e. The van der Waals surface area contributed by atoms with Gasteiger partial charge in [-0.15, -0.1) is 0 Å². The lowest BCUT2D eigenvalue weighted by molar-refractivity contribution is -0.220. The Morgan fingerprint density at radius 2 is 1.55 bits per heavy atom. The molecule has 0 aromatic carbocycles. The molecule has 4 aliphatic carbocycles. The van der Waals surface area contributed by atoms with Crippen LogP contribution in [0, 0.1) is 45.3 Å². The molecule has 0 aliphatic heterocycles. The summed E-state index contributed by atoms with van der Waals surface area (Å²) in [7, 11) is 0. The average molecular weight is 427 g/mol. The molecule has 0 amide bonds. The highest BCUT2D eigenvalue weighted by Gasteiger charge is 2.68. The quantitative estimate of drug-likeness (QED) is 0.448. The average Bonchev–Trinajstić information content (AvgIpc) is 3.03. The zero-order chi connectivity index (χ0) is 22.8. The van der Waals surface area contributed by atoms with Crippen molar-refractivity contribution in [2.24, 2.45) is 45.3 Å². The summed E-state index contributed by atoms with van der Waals surface area (Å²) in [5.41, 5.74) is 4.31. The molecule has 8 unspecified atom stereocenters. The van der Waals surface area contributed by atoms with Crippen molar-refractivity contribution < 1.29 is 5.11 Å². The molecule has 8 atom stereocenters. The van der Waals surface area contributed by atoms with Gasteiger partial charge < -0.3 is 5.11 Å². The lowest BCUT2D eigenvalue weighted by Gasteiger charge is -2.69. The van der Waals surface area contributed by atoms with E-state index in [1.54, 1.807) is 0 Å². The van der Waals surface area contributed by atoms with Gasteiger partial charge in [-0.25, -0.2) is 0 Å². The summed E-state index contributed by atoms with van der Waals surface area (Å²) in [6.45, 7) is 21.8. The van der Waals surface area contributed by atoms with E-state index in [0.29, 0.717) is 22.2 Å². The second-order valence-corrected chi connectivity index (χ2v) is 13.7. The summed E-state index contributed by atoms with van der Waals surface area (Å²) in [5.74, 6) is 3.04. The number of hydrogen-bond acceptors (Lipinski definition) is 1. The van der Waals surface area contributed by atoms with Crippen molar-refractivity contribution in [3.8, 4) is 0 Å². The standard InChI is InChI=1S/C30H50O/c1-20(2)10-9-11-21(3)22-14-18-29(7)23(22)12-13-25-28(6)17-16-26(31)27(4,5)24(28)15-19-30(25,29)8/h10,22-26,31H,3,9,11-19H2,1-2,4-8H3. The Bertz CT molecular complexity index is 742. The lowest BCUT2D eigenvalue weighted by Crippen LogP contribution is -2.63. The van der Waals surface area contributed by atoms with Gasteiger partial charge in [0.25, 0.3) is 0 Å². The van der Waals surface area contributed by atoms with E-state index in [9.17, 15) is 5.11 Å². The van der Waals surface area contributed by atoms with Crippen molar-refractivity contribution in [3.63, 3.8) is 0 Å². The Hall–Kier alpha value is -0.560. The predicted octanol–water partition coefficient (Wildman–Crippen LogP) is 8.34. The lowest BCUT2D eigenvalue weighted by atomic mass is 9.35. The molecule has 0 aromatic rings. The van der Waals surface area contributed by atoms with Crippen molar-refractivity contribution in [2.75, 3.05) is 0 Å². The fourth-order valence-corrected chi connectivity index (χ4v) is 9.95. The number of fused-ring (bicyclic) bond motifs is 5. The van der Waals surface area contributed by atoms with Crippen LogP contribution in [0.4, 0.5) is 0 Å². The molecule has 31 heavy (non-hydrogen) atoms. The van der Waals surface area contributed by atoms with Gasteiger partial charge in [-0.1, -0.05) is 58.4 Å². The van der Waals surface area contributed by atoms with Crippen molar-refractivity contribution in [1.29, 1.82) is 0 Å². The van der Waals surface area contributed by atoms with Crippen LogP contribution in [0.5, 0.6) is 0 Å². The van der Waals surface area contributed by atoms with E-state index in [4.69, 9.17) is 0 Å². The Morgan fingerprint density at radius 1 is 0.871 bits per heavy atom. The van der Waals surface area contributed by atoms with Crippen LogP contribution >= 0.6 is 0 Å². The molecule has 4 saturated carbocycles. The van der Waals surface area contributed by atoms with Crippen LogP contribution in [0.25, 0.3) is 0 Å². The Morgan fingerprint density at radius 3 is 2.23 bits per heavy atom. The fraction of sp³-hybridized carbons (Fsp3) is 0.867. The maximum atomic E-state index is 10.8. The molecule has 4 fully saturated rings. The van der Waals surface area contributed by atoms with Gasteiger partial charge in [-0.2, -0.15) is 0 Å². The van der Waals surface area contributed by atoms with Gasteiger partial charge in [-0.3, -0.25) is 0 Å². The topological polar surface area (TPSA) is 20.2 Å². The Kier molecular flexibility index (Phi) is 5.90. The predicted molar refractivity (Wildman–Crippen MR) is 133 cm³/mol. The second-order valence-electron chi connectivity index (χ2n) is 13.7. The molecule has 4 aliphatic rings. The molecule has 0 heterocycles. The number of aliphatic hydroxyl groups excluding tert-OH is 1. The van der Waals surface area contributed by atoms with Crippen LogP contribution in [-0.4, -0.2) is 11.2 Å². The van der Waals surface area contributed by atoms with Gasteiger partial charge in [0.2, 0.25) is 0 Å². The van der Waals surface area contributed by atoms with E-state index in [2.05, 4.69) is 61.1 Å². The van der Waals surface area contributed by atoms with Crippen molar-refractivity contribution in [1.82, 2.24) is 0 Å². The van der Waals surface area contributed by atoms with Gasteiger partial charge >= 0.3 is 0 Å². The summed E-state index contributed by atoms with van der Waals surface area (Å²) in [5, 5.41) is 10.8. The normalized spacial score (nSPS) is 48.3. The summed E-state index contributed by atoms with van der Waals surface area (Å²) in [6.07, 6.45) is 15.0. The summed E-state index contributed by atoms with van der Waals surface area (Å²) >= 11 is 0. The van der Waals surface area contributed by atoms with Crippen molar-refractivity contribution in [3.05, 3.63) is 23.8 Å². The smallest absolute Gasteiger partial charge is 0.0594 e. The Labute approximate surface area is 193 Å². The first-order chi connectivity index (χ1) is 14.4. The number of rotatable bonds is 4.